The molecule has 0 saturated heterocycles. The van der Waals surface area contributed by atoms with Gasteiger partial charge < -0.3 is 9.64 Å². The van der Waals surface area contributed by atoms with E-state index in [-0.39, 0.29) is 16.3 Å². The van der Waals surface area contributed by atoms with Gasteiger partial charge in [-0.1, -0.05) is 29.0 Å². The maximum absolute atomic E-state index is 13.3. The fourth-order valence-corrected chi connectivity index (χ4v) is 3.92. The van der Waals surface area contributed by atoms with Crippen molar-refractivity contribution in [3.8, 4) is 5.75 Å². The van der Waals surface area contributed by atoms with Gasteiger partial charge >= 0.3 is 0 Å². The van der Waals surface area contributed by atoms with Gasteiger partial charge in [-0.25, -0.2) is 4.98 Å². The number of aromatic nitrogens is 1. The molecule has 0 aliphatic rings. The van der Waals surface area contributed by atoms with Gasteiger partial charge in [0.2, 0.25) is 0 Å². The van der Waals surface area contributed by atoms with E-state index < -0.39 is 10.8 Å². The molecule has 0 aliphatic carbocycles. The molecule has 29 heavy (non-hydrogen) atoms. The highest BCUT2D eigenvalue weighted by Gasteiger charge is 2.25. The zero-order valence-corrected chi connectivity index (χ0v) is 17.7. The fourth-order valence-electron chi connectivity index (χ4n) is 2.71. The van der Waals surface area contributed by atoms with Gasteiger partial charge in [-0.05, 0) is 32.3 Å². The number of carbonyl (C=O) groups excluding carboxylic acids is 1. The quantitative estimate of drug-likeness (QED) is 0.411. The van der Waals surface area contributed by atoms with Crippen LogP contribution in [0.25, 0.3) is 10.2 Å². The summed E-state index contributed by atoms with van der Waals surface area (Å²) in [6.45, 7) is 0.915. The molecule has 0 fully saturated rings. The molecule has 0 aliphatic heterocycles. The Labute approximate surface area is 176 Å². The van der Waals surface area contributed by atoms with Crippen LogP contribution < -0.4 is 9.64 Å². The van der Waals surface area contributed by atoms with Crippen molar-refractivity contribution in [3.63, 3.8) is 0 Å². The molecule has 1 aromatic heterocycles. The first-order valence-electron chi connectivity index (χ1n) is 8.66. The predicted molar refractivity (Wildman–Crippen MR) is 115 cm³/mol. The van der Waals surface area contributed by atoms with Crippen molar-refractivity contribution in [1.82, 2.24) is 9.88 Å². The Morgan fingerprint density at radius 2 is 2.03 bits per heavy atom. The normalized spacial score (nSPS) is 11.1. The number of fused-ring (bicyclic) bond motifs is 1. The number of likely N-dealkylation sites (N-methyl/N-ethyl adjacent to an activating group) is 1. The molecule has 2 aromatic carbocycles. The van der Waals surface area contributed by atoms with Crippen LogP contribution in [0.3, 0.4) is 0 Å². The molecule has 3 aromatic rings. The number of nitrogens with zero attached hydrogens (tertiary/aromatic N) is 4. The third-order valence-electron chi connectivity index (χ3n) is 4.23. The van der Waals surface area contributed by atoms with E-state index in [1.165, 1.54) is 34.4 Å². The van der Waals surface area contributed by atoms with Crippen LogP contribution in [-0.4, -0.2) is 55.0 Å². The van der Waals surface area contributed by atoms with Crippen LogP contribution in [0.4, 0.5) is 10.8 Å². The average Bonchev–Trinajstić information content (AvgIpc) is 3.11. The second-order valence-corrected chi connectivity index (χ2v) is 7.90. The van der Waals surface area contributed by atoms with Gasteiger partial charge in [0, 0.05) is 25.2 Å². The summed E-state index contributed by atoms with van der Waals surface area (Å²) in [5.41, 5.74) is 0.518. The van der Waals surface area contributed by atoms with Crippen molar-refractivity contribution in [3.05, 3.63) is 57.1 Å². The van der Waals surface area contributed by atoms with Crippen molar-refractivity contribution in [1.29, 1.82) is 0 Å². The first kappa shape index (κ1) is 21.0. The molecule has 0 N–H and O–H groups in total. The summed E-state index contributed by atoms with van der Waals surface area (Å²) < 4.78 is 6.23. The standard InChI is InChI=1S/C19H19ClN4O4S/c1-22(2)9-10-23(18(25)13-11-12(24(26)27)7-8-14(13)20)19-21-17-15(28-3)5-4-6-16(17)29-19/h4-8,11H,9-10H2,1-3H3. The Balaban J connectivity index is 2.07. The van der Waals surface area contributed by atoms with Gasteiger partial charge in [-0.3, -0.25) is 19.8 Å². The predicted octanol–water partition coefficient (Wildman–Crippen LogP) is 4.07. The SMILES string of the molecule is COc1cccc2sc(N(CCN(C)C)C(=O)c3cc([N+](=O)[O-])ccc3Cl)nc12. The number of para-hydroxylation sites is 1. The molecule has 3 rings (SSSR count). The lowest BCUT2D eigenvalue weighted by Gasteiger charge is -2.22. The summed E-state index contributed by atoms with van der Waals surface area (Å²) in [4.78, 5) is 31.9. The summed E-state index contributed by atoms with van der Waals surface area (Å²) in [6, 6.07) is 9.38. The van der Waals surface area contributed by atoms with Crippen LogP contribution in [0.1, 0.15) is 10.4 Å². The first-order chi connectivity index (χ1) is 13.8. The van der Waals surface area contributed by atoms with Gasteiger partial charge in [-0.2, -0.15) is 0 Å². The van der Waals surface area contributed by atoms with Crippen molar-refractivity contribution < 1.29 is 14.5 Å². The number of hydrogen-bond acceptors (Lipinski definition) is 7. The van der Waals surface area contributed by atoms with Crippen LogP contribution in [0, 0.1) is 10.1 Å². The second kappa shape index (κ2) is 8.73. The Kier molecular flexibility index (Phi) is 6.31. The van der Waals surface area contributed by atoms with E-state index in [1.54, 1.807) is 13.2 Å². The van der Waals surface area contributed by atoms with Crippen molar-refractivity contribution >= 4 is 49.9 Å². The molecule has 0 atom stereocenters. The smallest absolute Gasteiger partial charge is 0.270 e. The number of nitro groups is 1. The third-order valence-corrected chi connectivity index (χ3v) is 5.60. The molecule has 8 nitrogen and oxygen atoms in total. The van der Waals surface area contributed by atoms with Crippen LogP contribution in [0.2, 0.25) is 5.02 Å². The number of amides is 1. The number of carbonyl (C=O) groups is 1. The number of anilines is 1. The van der Waals surface area contributed by atoms with Gasteiger partial charge in [0.25, 0.3) is 11.6 Å². The average molecular weight is 435 g/mol. The molecular weight excluding hydrogens is 416 g/mol. The van der Waals surface area contributed by atoms with E-state index in [0.29, 0.717) is 29.5 Å². The molecule has 0 bridgehead atoms. The molecule has 1 heterocycles. The minimum Gasteiger partial charge on any atom is -0.494 e. The van der Waals surface area contributed by atoms with Crippen molar-refractivity contribution in [2.45, 2.75) is 0 Å². The third kappa shape index (κ3) is 4.47. The van der Waals surface area contributed by atoms with Gasteiger partial charge in [0.05, 0.1) is 27.3 Å². The van der Waals surface area contributed by atoms with E-state index in [2.05, 4.69) is 4.98 Å². The molecule has 0 saturated carbocycles. The van der Waals surface area contributed by atoms with Crippen molar-refractivity contribution in [2.75, 3.05) is 39.2 Å². The van der Waals surface area contributed by atoms with Gasteiger partial charge in [0.15, 0.2) is 5.13 Å². The van der Waals surface area contributed by atoms with E-state index >= 15 is 0 Å². The number of halogens is 1. The Morgan fingerprint density at radius 3 is 2.69 bits per heavy atom. The lowest BCUT2D eigenvalue weighted by Crippen LogP contribution is -2.37. The van der Waals surface area contributed by atoms with Crippen LogP contribution in [-0.2, 0) is 0 Å². The van der Waals surface area contributed by atoms with Crippen LogP contribution in [0.5, 0.6) is 5.75 Å². The molecule has 1 amide bonds. The van der Waals surface area contributed by atoms with Crippen LogP contribution in [0.15, 0.2) is 36.4 Å². The highest BCUT2D eigenvalue weighted by atomic mass is 35.5. The molecular formula is C19H19ClN4O4S. The highest BCUT2D eigenvalue weighted by Crippen LogP contribution is 2.35. The zero-order chi connectivity index (χ0) is 21.1. The summed E-state index contributed by atoms with van der Waals surface area (Å²) in [6.07, 6.45) is 0. The topological polar surface area (TPSA) is 88.8 Å². The molecule has 0 unspecified atom stereocenters. The minimum absolute atomic E-state index is 0.0610. The number of nitro benzene ring substituents is 1. The van der Waals surface area contributed by atoms with E-state index in [0.717, 1.165) is 4.70 Å². The largest absolute Gasteiger partial charge is 0.494 e. The van der Waals surface area contributed by atoms with E-state index in [4.69, 9.17) is 16.3 Å². The maximum atomic E-state index is 13.3. The molecule has 152 valence electrons. The summed E-state index contributed by atoms with van der Waals surface area (Å²) >= 11 is 7.54. The summed E-state index contributed by atoms with van der Waals surface area (Å²) in [5.74, 6) is 0.164. The second-order valence-electron chi connectivity index (χ2n) is 6.48. The number of methoxy groups -OCH3 is 1. The number of hydrogen-bond donors (Lipinski definition) is 0. The maximum Gasteiger partial charge on any atom is 0.270 e. The van der Waals surface area contributed by atoms with E-state index in [1.807, 2.05) is 31.1 Å². The Bertz CT molecular complexity index is 1070. The number of non-ortho nitro benzene ring substituents is 1. The highest BCUT2D eigenvalue weighted by molar-refractivity contribution is 7.22. The summed E-state index contributed by atoms with van der Waals surface area (Å²) in [7, 11) is 5.35. The summed E-state index contributed by atoms with van der Waals surface area (Å²) in [5, 5.41) is 11.8. The number of thiazole rings is 1. The van der Waals surface area contributed by atoms with Crippen molar-refractivity contribution in [2.24, 2.45) is 0 Å². The Hall–Kier alpha value is -2.75. The lowest BCUT2D eigenvalue weighted by molar-refractivity contribution is -0.384. The molecule has 0 radical (unpaired) electrons. The fraction of sp³-hybridized carbons (Fsp3) is 0.263. The van der Waals surface area contributed by atoms with Crippen LogP contribution >= 0.6 is 22.9 Å². The Morgan fingerprint density at radius 1 is 1.28 bits per heavy atom. The zero-order valence-electron chi connectivity index (χ0n) is 16.1. The minimum atomic E-state index is -0.556. The lowest BCUT2D eigenvalue weighted by atomic mass is 10.1. The number of benzene rings is 2. The number of rotatable bonds is 7. The van der Waals surface area contributed by atoms with E-state index in [9.17, 15) is 14.9 Å². The van der Waals surface area contributed by atoms with Gasteiger partial charge in [-0.15, -0.1) is 0 Å². The molecule has 0 spiro atoms. The molecule has 10 heteroatoms. The number of ether oxygens (including phenoxy) is 1. The first-order valence-corrected chi connectivity index (χ1v) is 9.85. The van der Waals surface area contributed by atoms with Gasteiger partial charge in [0.1, 0.15) is 11.3 Å². The monoisotopic (exact) mass is 434 g/mol.